The van der Waals surface area contributed by atoms with E-state index in [4.69, 9.17) is 17.3 Å². The van der Waals surface area contributed by atoms with Crippen molar-refractivity contribution in [2.45, 2.75) is 13.3 Å². The molecule has 2 rings (SSSR count). The molecule has 0 radical (unpaired) electrons. The van der Waals surface area contributed by atoms with Crippen molar-refractivity contribution >= 4 is 33.7 Å². The summed E-state index contributed by atoms with van der Waals surface area (Å²) >= 11 is 6.06. The molecule has 19 heavy (non-hydrogen) atoms. The van der Waals surface area contributed by atoms with Gasteiger partial charge in [0.2, 0.25) is 0 Å². The average Bonchev–Trinajstić information content (AvgIpc) is 2.55. The maximum Gasteiger partial charge on any atom is 0.0504 e. The zero-order valence-corrected chi connectivity index (χ0v) is 12.5. The Kier molecular flexibility index (Phi) is 4.27. The van der Waals surface area contributed by atoms with E-state index in [0.29, 0.717) is 6.42 Å². The Hall–Kier alpha value is -1.32. The first-order valence-corrected chi connectivity index (χ1v) is 7.90. The van der Waals surface area contributed by atoms with E-state index in [1.807, 2.05) is 43.4 Å². The van der Waals surface area contributed by atoms with Gasteiger partial charge in [0, 0.05) is 28.3 Å². The first kappa shape index (κ1) is 14.1. The summed E-state index contributed by atoms with van der Waals surface area (Å²) < 4.78 is 11.9. The van der Waals surface area contributed by atoms with Crippen LogP contribution in [0.5, 0.6) is 0 Å². The zero-order chi connectivity index (χ0) is 14.0. The largest absolute Gasteiger partial charge is 0.398 e. The van der Waals surface area contributed by atoms with Crippen LogP contribution in [0.1, 0.15) is 17.5 Å². The van der Waals surface area contributed by atoms with Gasteiger partial charge in [-0.2, -0.15) is 0 Å². The molecule has 1 atom stereocenters. The van der Waals surface area contributed by atoms with Gasteiger partial charge in [0.05, 0.1) is 10.8 Å². The van der Waals surface area contributed by atoms with Crippen LogP contribution in [0.4, 0.5) is 5.69 Å². The Morgan fingerprint density at radius 3 is 2.74 bits per heavy atom. The van der Waals surface area contributed by atoms with Crippen molar-refractivity contribution < 1.29 is 4.21 Å². The van der Waals surface area contributed by atoms with E-state index in [-0.39, 0.29) is 0 Å². The minimum absolute atomic E-state index is 0.641. The second-order valence-corrected chi connectivity index (χ2v) is 6.27. The van der Waals surface area contributed by atoms with Gasteiger partial charge >= 0.3 is 0 Å². The van der Waals surface area contributed by atoms with Crippen molar-refractivity contribution in [1.29, 1.82) is 0 Å². The number of hydrogen-bond acceptors (Lipinski definition) is 2. The lowest BCUT2D eigenvalue weighted by Crippen LogP contribution is -2.00. The second-order valence-electron chi connectivity index (χ2n) is 4.44. The van der Waals surface area contributed by atoms with Crippen molar-refractivity contribution in [3.63, 3.8) is 0 Å². The normalized spacial score (nSPS) is 17.1. The van der Waals surface area contributed by atoms with Gasteiger partial charge in [-0.15, -0.1) is 0 Å². The van der Waals surface area contributed by atoms with Crippen LogP contribution in [-0.4, -0.2) is 10.5 Å². The predicted octanol–water partition coefficient (Wildman–Crippen LogP) is 3.75. The lowest BCUT2D eigenvalue weighted by atomic mass is 9.98. The lowest BCUT2D eigenvalue weighted by molar-refractivity contribution is 0.691. The van der Waals surface area contributed by atoms with Crippen LogP contribution >= 0.6 is 11.6 Å². The molecule has 0 amide bonds. The van der Waals surface area contributed by atoms with Gasteiger partial charge in [0.15, 0.2) is 0 Å². The molecule has 0 aliphatic heterocycles. The van der Waals surface area contributed by atoms with Crippen molar-refractivity contribution in [2.75, 3.05) is 12.0 Å². The Balaban J connectivity index is 2.59. The fraction of sp³-hybridized carbons (Fsp3) is 0.200. The maximum absolute atomic E-state index is 11.9. The monoisotopic (exact) mass is 293 g/mol. The molecule has 1 aliphatic carbocycles. The Morgan fingerprint density at radius 1 is 1.32 bits per heavy atom. The van der Waals surface area contributed by atoms with Crippen LogP contribution in [0, 0.1) is 6.92 Å². The minimum Gasteiger partial charge on any atom is -0.398 e. The number of nitrogens with two attached hydrogens (primary N) is 1. The molecule has 0 saturated carbocycles. The molecule has 1 aliphatic rings. The third-order valence-electron chi connectivity index (χ3n) is 3.16. The Bertz CT molecular complexity index is 629. The van der Waals surface area contributed by atoms with Crippen LogP contribution in [0.2, 0.25) is 0 Å². The summed E-state index contributed by atoms with van der Waals surface area (Å²) in [5.74, 6) is 0. The van der Waals surface area contributed by atoms with Crippen molar-refractivity contribution in [1.82, 2.24) is 0 Å². The first-order chi connectivity index (χ1) is 9.00. The molecule has 1 unspecified atom stereocenters. The van der Waals surface area contributed by atoms with Crippen LogP contribution in [0.3, 0.4) is 0 Å². The molecule has 0 saturated heterocycles. The summed E-state index contributed by atoms with van der Waals surface area (Å²) in [4.78, 5) is 0.782. The fourth-order valence-corrected chi connectivity index (χ4v) is 2.97. The molecule has 1 aromatic carbocycles. The van der Waals surface area contributed by atoms with Crippen molar-refractivity contribution in [2.24, 2.45) is 0 Å². The van der Waals surface area contributed by atoms with Crippen molar-refractivity contribution in [3.05, 3.63) is 57.5 Å². The molecule has 0 fully saturated rings. The van der Waals surface area contributed by atoms with E-state index in [1.54, 1.807) is 6.26 Å². The van der Waals surface area contributed by atoms with Gasteiger partial charge in [-0.25, -0.2) is 0 Å². The standard InChI is InChI=1S/C15H16ClNOS/c1-10-12(4-3-5-14(10)17)13-8-6-11(16)7-9-15(13)19(2)18/h3-5,7-9H,6,17H2,1-2H3. The van der Waals surface area contributed by atoms with Crippen LogP contribution < -0.4 is 5.73 Å². The number of benzene rings is 1. The van der Waals surface area contributed by atoms with Crippen LogP contribution in [0.15, 0.2) is 46.4 Å². The number of halogens is 1. The predicted molar refractivity (Wildman–Crippen MR) is 84.3 cm³/mol. The molecule has 0 aromatic heterocycles. The summed E-state index contributed by atoms with van der Waals surface area (Å²) in [6, 6.07) is 5.78. The first-order valence-electron chi connectivity index (χ1n) is 5.96. The lowest BCUT2D eigenvalue weighted by Gasteiger charge is -2.13. The quantitative estimate of drug-likeness (QED) is 0.844. The van der Waals surface area contributed by atoms with E-state index in [1.165, 1.54) is 0 Å². The van der Waals surface area contributed by atoms with Crippen LogP contribution in [0.25, 0.3) is 5.57 Å². The minimum atomic E-state index is -1.07. The highest BCUT2D eigenvalue weighted by Crippen LogP contribution is 2.33. The summed E-state index contributed by atoms with van der Waals surface area (Å²) in [6.45, 7) is 1.97. The van der Waals surface area contributed by atoms with E-state index < -0.39 is 10.8 Å². The fourth-order valence-electron chi connectivity index (χ4n) is 2.06. The highest BCUT2D eigenvalue weighted by atomic mass is 35.5. The molecule has 2 N–H and O–H groups in total. The average molecular weight is 294 g/mol. The van der Waals surface area contributed by atoms with E-state index in [9.17, 15) is 4.21 Å². The zero-order valence-electron chi connectivity index (χ0n) is 10.9. The third kappa shape index (κ3) is 2.99. The molecule has 0 bridgehead atoms. The van der Waals surface area contributed by atoms with Gasteiger partial charge < -0.3 is 5.73 Å². The maximum atomic E-state index is 11.9. The number of hydrogen-bond donors (Lipinski definition) is 1. The summed E-state index contributed by atoms with van der Waals surface area (Å²) in [5, 5.41) is 0.736. The molecule has 0 heterocycles. The number of nitrogen functional groups attached to an aromatic ring is 1. The molecular formula is C15H16ClNOS. The molecule has 0 spiro atoms. The summed E-state index contributed by atoms with van der Waals surface area (Å²) in [7, 11) is -1.07. The smallest absolute Gasteiger partial charge is 0.0504 e. The van der Waals surface area contributed by atoms with Gasteiger partial charge in [-0.3, -0.25) is 4.21 Å². The van der Waals surface area contributed by atoms with Gasteiger partial charge in [0.1, 0.15) is 0 Å². The molecule has 100 valence electrons. The van der Waals surface area contributed by atoms with E-state index in [0.717, 1.165) is 32.3 Å². The molecule has 1 aromatic rings. The Labute approximate surface area is 121 Å². The van der Waals surface area contributed by atoms with E-state index >= 15 is 0 Å². The number of anilines is 1. The third-order valence-corrected chi connectivity index (χ3v) is 4.41. The van der Waals surface area contributed by atoms with Gasteiger partial charge in [0.25, 0.3) is 0 Å². The number of rotatable bonds is 2. The summed E-state index contributed by atoms with van der Waals surface area (Å²) in [5.41, 5.74) is 9.67. The highest BCUT2D eigenvalue weighted by molar-refractivity contribution is 7.88. The van der Waals surface area contributed by atoms with Gasteiger partial charge in [-0.1, -0.05) is 29.8 Å². The summed E-state index contributed by atoms with van der Waals surface area (Å²) in [6.07, 6.45) is 7.97. The van der Waals surface area contributed by atoms with E-state index in [2.05, 4.69) is 0 Å². The Morgan fingerprint density at radius 2 is 2.05 bits per heavy atom. The molecule has 2 nitrogen and oxygen atoms in total. The van der Waals surface area contributed by atoms with Crippen LogP contribution in [-0.2, 0) is 10.8 Å². The molecular weight excluding hydrogens is 278 g/mol. The number of allylic oxidation sites excluding steroid dienone is 5. The second kappa shape index (κ2) is 5.76. The van der Waals surface area contributed by atoms with Gasteiger partial charge in [-0.05, 0) is 41.8 Å². The SMILES string of the molecule is Cc1c(N)cccc1C1=CCC(Cl)=CC=C1S(C)=O. The van der Waals surface area contributed by atoms with Crippen molar-refractivity contribution in [3.8, 4) is 0 Å². The topological polar surface area (TPSA) is 43.1 Å². The molecule has 4 heteroatoms. The highest BCUT2D eigenvalue weighted by Gasteiger charge is 2.16.